The number of ether oxygens (including phenoxy) is 3. The fraction of sp³-hybridized carbons (Fsp3) is 0.588. The maximum Gasteiger partial charge on any atom is 0.410 e. The van der Waals surface area contributed by atoms with Crippen molar-refractivity contribution < 1.29 is 19.0 Å². The molecule has 1 fully saturated rings. The van der Waals surface area contributed by atoms with Gasteiger partial charge in [-0.1, -0.05) is 6.07 Å². The lowest BCUT2D eigenvalue weighted by molar-refractivity contribution is 0.0117. The van der Waals surface area contributed by atoms with Crippen LogP contribution in [0.4, 0.5) is 4.79 Å². The molecule has 0 spiro atoms. The highest BCUT2D eigenvalue weighted by Crippen LogP contribution is 2.33. The van der Waals surface area contributed by atoms with Gasteiger partial charge in [-0.05, 0) is 38.5 Å². The van der Waals surface area contributed by atoms with E-state index in [-0.39, 0.29) is 12.1 Å². The van der Waals surface area contributed by atoms with Crippen molar-refractivity contribution in [1.82, 2.24) is 10.2 Å². The molecule has 2 rings (SSSR count). The zero-order chi connectivity index (χ0) is 17.0. The maximum atomic E-state index is 12.5. The lowest BCUT2D eigenvalue weighted by Gasteiger charge is -2.37. The minimum atomic E-state index is -0.510. The Balaban J connectivity index is 2.26. The first-order chi connectivity index (χ1) is 10.9. The second-order valence-electron chi connectivity index (χ2n) is 6.51. The predicted molar refractivity (Wildman–Crippen MR) is 88.1 cm³/mol. The summed E-state index contributed by atoms with van der Waals surface area (Å²) in [6.07, 6.45) is -0.293. The van der Waals surface area contributed by atoms with Crippen molar-refractivity contribution in [3.05, 3.63) is 23.8 Å². The molecule has 128 valence electrons. The van der Waals surface area contributed by atoms with Gasteiger partial charge < -0.3 is 19.5 Å². The van der Waals surface area contributed by atoms with Crippen LogP contribution in [0.2, 0.25) is 0 Å². The zero-order valence-electron chi connectivity index (χ0n) is 14.5. The van der Waals surface area contributed by atoms with E-state index in [9.17, 15) is 4.79 Å². The summed E-state index contributed by atoms with van der Waals surface area (Å²) in [4.78, 5) is 14.3. The maximum absolute atomic E-state index is 12.5. The topological polar surface area (TPSA) is 60.0 Å². The van der Waals surface area contributed by atoms with Gasteiger partial charge in [-0.3, -0.25) is 4.90 Å². The summed E-state index contributed by atoms with van der Waals surface area (Å²) in [6, 6.07) is 5.62. The van der Waals surface area contributed by atoms with Crippen LogP contribution in [0.15, 0.2) is 18.2 Å². The minimum Gasteiger partial charge on any atom is -0.493 e. The number of carbonyl (C=O) groups is 1. The number of carbonyl (C=O) groups excluding carboxylic acids is 1. The summed E-state index contributed by atoms with van der Waals surface area (Å²) in [7, 11) is 3.21. The van der Waals surface area contributed by atoms with E-state index in [1.54, 1.807) is 19.1 Å². The number of hydrogen-bond donors (Lipinski definition) is 1. The van der Waals surface area contributed by atoms with Gasteiger partial charge in [0.15, 0.2) is 11.5 Å². The van der Waals surface area contributed by atoms with Gasteiger partial charge in [0.2, 0.25) is 0 Å². The van der Waals surface area contributed by atoms with Gasteiger partial charge in [-0.15, -0.1) is 0 Å². The van der Waals surface area contributed by atoms with E-state index in [1.807, 2.05) is 39.0 Å². The van der Waals surface area contributed by atoms with Gasteiger partial charge in [0, 0.05) is 19.6 Å². The van der Waals surface area contributed by atoms with Crippen molar-refractivity contribution >= 4 is 6.09 Å². The summed E-state index contributed by atoms with van der Waals surface area (Å²) < 4.78 is 16.2. The van der Waals surface area contributed by atoms with Crippen LogP contribution in [0.25, 0.3) is 0 Å². The first-order valence-corrected chi connectivity index (χ1v) is 7.78. The Morgan fingerprint density at radius 1 is 1.22 bits per heavy atom. The fourth-order valence-corrected chi connectivity index (χ4v) is 2.60. The molecule has 1 aliphatic rings. The van der Waals surface area contributed by atoms with Crippen molar-refractivity contribution in [3.8, 4) is 11.5 Å². The second-order valence-corrected chi connectivity index (χ2v) is 6.51. The van der Waals surface area contributed by atoms with Crippen LogP contribution in [-0.4, -0.2) is 50.4 Å². The van der Waals surface area contributed by atoms with Crippen LogP contribution in [-0.2, 0) is 4.74 Å². The smallest absolute Gasteiger partial charge is 0.410 e. The van der Waals surface area contributed by atoms with Crippen LogP contribution < -0.4 is 14.8 Å². The van der Waals surface area contributed by atoms with Crippen LogP contribution >= 0.6 is 0 Å². The number of methoxy groups -OCH3 is 2. The third-order valence-electron chi connectivity index (χ3n) is 3.66. The zero-order valence-corrected chi connectivity index (χ0v) is 14.5. The van der Waals surface area contributed by atoms with E-state index in [2.05, 4.69) is 5.32 Å². The van der Waals surface area contributed by atoms with Gasteiger partial charge in [-0.25, -0.2) is 4.79 Å². The molecule has 0 radical (unpaired) electrons. The van der Waals surface area contributed by atoms with Crippen LogP contribution in [0.3, 0.4) is 0 Å². The Morgan fingerprint density at radius 2 is 1.91 bits per heavy atom. The molecule has 1 aromatic carbocycles. The Labute approximate surface area is 137 Å². The molecule has 1 heterocycles. The van der Waals surface area contributed by atoms with E-state index < -0.39 is 5.60 Å². The number of rotatable bonds is 3. The van der Waals surface area contributed by atoms with Crippen molar-refractivity contribution in [3.63, 3.8) is 0 Å². The van der Waals surface area contributed by atoms with Gasteiger partial charge in [0.05, 0.1) is 20.3 Å². The first kappa shape index (κ1) is 17.4. The number of benzene rings is 1. The number of hydrogen-bond acceptors (Lipinski definition) is 5. The molecule has 1 atom stereocenters. The van der Waals surface area contributed by atoms with E-state index in [4.69, 9.17) is 14.2 Å². The molecule has 0 aliphatic carbocycles. The highest BCUT2D eigenvalue weighted by atomic mass is 16.6. The summed E-state index contributed by atoms with van der Waals surface area (Å²) in [5, 5.41) is 3.33. The van der Waals surface area contributed by atoms with Crippen molar-refractivity contribution in [2.45, 2.75) is 32.4 Å². The van der Waals surface area contributed by atoms with E-state index >= 15 is 0 Å². The number of piperazine rings is 1. The van der Waals surface area contributed by atoms with Crippen LogP contribution in [0.1, 0.15) is 32.4 Å². The van der Waals surface area contributed by atoms with Gasteiger partial charge >= 0.3 is 6.09 Å². The second kappa shape index (κ2) is 7.08. The summed E-state index contributed by atoms with van der Waals surface area (Å²) in [5.41, 5.74) is 0.477. The fourth-order valence-electron chi connectivity index (χ4n) is 2.60. The molecule has 1 unspecified atom stereocenters. The number of amides is 1. The van der Waals surface area contributed by atoms with Crippen molar-refractivity contribution in [2.75, 3.05) is 33.9 Å². The van der Waals surface area contributed by atoms with Gasteiger partial charge in [-0.2, -0.15) is 0 Å². The standard InChI is InChI=1S/C17H26N2O4/c1-17(2,3)23-16(20)19-9-8-18-11-13(19)12-6-7-14(21-4)15(10-12)22-5/h6-7,10,13,18H,8-9,11H2,1-5H3. The molecule has 1 N–H and O–H groups in total. The minimum absolute atomic E-state index is 0.0987. The third-order valence-corrected chi connectivity index (χ3v) is 3.66. The molecule has 0 bridgehead atoms. The predicted octanol–water partition coefficient (Wildman–Crippen LogP) is 2.59. The van der Waals surface area contributed by atoms with E-state index in [1.165, 1.54) is 0 Å². The Kier molecular flexibility index (Phi) is 5.36. The highest BCUT2D eigenvalue weighted by molar-refractivity contribution is 5.69. The largest absolute Gasteiger partial charge is 0.493 e. The normalized spacial score (nSPS) is 18.5. The molecule has 1 saturated heterocycles. The molecule has 6 nitrogen and oxygen atoms in total. The molecule has 6 heteroatoms. The SMILES string of the molecule is COc1ccc(C2CNCCN2C(=O)OC(C)(C)C)cc1OC. The van der Waals surface area contributed by atoms with Crippen LogP contribution in [0, 0.1) is 0 Å². The monoisotopic (exact) mass is 322 g/mol. The van der Waals surface area contributed by atoms with E-state index in [0.29, 0.717) is 24.6 Å². The Hall–Kier alpha value is -1.95. The van der Waals surface area contributed by atoms with Crippen molar-refractivity contribution in [2.24, 2.45) is 0 Å². The third kappa shape index (κ3) is 4.28. The molecule has 1 amide bonds. The Morgan fingerprint density at radius 3 is 2.52 bits per heavy atom. The number of nitrogens with zero attached hydrogens (tertiary/aromatic N) is 1. The lowest BCUT2D eigenvalue weighted by atomic mass is 10.0. The van der Waals surface area contributed by atoms with Gasteiger partial charge in [0.1, 0.15) is 5.60 Å². The highest BCUT2D eigenvalue weighted by Gasteiger charge is 2.31. The van der Waals surface area contributed by atoms with Gasteiger partial charge in [0.25, 0.3) is 0 Å². The summed E-state index contributed by atoms with van der Waals surface area (Å²) in [6.45, 7) is 7.65. The quantitative estimate of drug-likeness (QED) is 0.927. The molecular formula is C17H26N2O4. The van der Waals surface area contributed by atoms with E-state index in [0.717, 1.165) is 12.1 Å². The average Bonchev–Trinajstić information content (AvgIpc) is 2.52. The first-order valence-electron chi connectivity index (χ1n) is 7.78. The molecule has 1 aliphatic heterocycles. The molecular weight excluding hydrogens is 296 g/mol. The Bertz CT molecular complexity index is 554. The molecule has 0 saturated carbocycles. The number of nitrogens with one attached hydrogen (secondary N) is 1. The summed E-state index contributed by atoms with van der Waals surface area (Å²) >= 11 is 0. The molecule has 23 heavy (non-hydrogen) atoms. The molecule has 0 aromatic heterocycles. The van der Waals surface area contributed by atoms with Crippen molar-refractivity contribution in [1.29, 1.82) is 0 Å². The van der Waals surface area contributed by atoms with Crippen LogP contribution in [0.5, 0.6) is 11.5 Å². The average molecular weight is 322 g/mol. The lowest BCUT2D eigenvalue weighted by Crippen LogP contribution is -2.50. The summed E-state index contributed by atoms with van der Waals surface area (Å²) in [5.74, 6) is 1.32. The molecule has 1 aromatic rings.